The van der Waals surface area contributed by atoms with Crippen molar-refractivity contribution >= 4 is 29.7 Å². The Hall–Kier alpha value is -2.81. The molecule has 234 valence electrons. The Balaban J connectivity index is 1.97. The van der Waals surface area contributed by atoms with Crippen molar-refractivity contribution in [3.63, 3.8) is 0 Å². The maximum Gasteiger partial charge on any atom is 0.303 e. The van der Waals surface area contributed by atoms with E-state index in [0.717, 1.165) is 13.8 Å². The van der Waals surface area contributed by atoms with Gasteiger partial charge in [0, 0.05) is 52.2 Å². The summed E-state index contributed by atoms with van der Waals surface area (Å²) in [6, 6.07) is -1.05. The zero-order valence-electron chi connectivity index (χ0n) is 24.2. The summed E-state index contributed by atoms with van der Waals surface area (Å²) >= 11 is 0. The first kappa shape index (κ1) is 34.4. The Labute approximate surface area is 239 Å². The van der Waals surface area contributed by atoms with Gasteiger partial charge in [0.15, 0.2) is 18.5 Å². The smallest absolute Gasteiger partial charge is 0.303 e. The van der Waals surface area contributed by atoms with Crippen LogP contribution in [0.25, 0.3) is 0 Å². The average molecular weight is 589 g/mol. The Morgan fingerprint density at radius 3 is 2.00 bits per heavy atom. The standard InChI is InChI=1S/C27H44N2O12/c1-16(32)28-23-25(40-19(4)35)24(39-18(3)34)21(13-38-17(2)33)41-26(23)37-12-6-5-7-22(36)29-20-8-10-27(14-30,15-31)11-9-20/h20-21,23-26,30-31H,5-15H2,1-4H3,(H,28,32)(H,29,36)/t21-,23-,24+,25-,26?/m1/s1. The average Bonchev–Trinajstić information content (AvgIpc) is 2.90. The van der Waals surface area contributed by atoms with E-state index in [1.807, 2.05) is 0 Å². The fraction of sp³-hybridized carbons (Fsp3) is 0.815. The minimum Gasteiger partial charge on any atom is -0.463 e. The Bertz CT molecular complexity index is 899. The van der Waals surface area contributed by atoms with Crippen LogP contribution in [-0.4, -0.2) is 103 Å². The monoisotopic (exact) mass is 588 g/mol. The first-order valence-electron chi connectivity index (χ1n) is 13.9. The van der Waals surface area contributed by atoms with Gasteiger partial charge in [-0.15, -0.1) is 0 Å². The van der Waals surface area contributed by atoms with E-state index in [2.05, 4.69) is 10.6 Å². The molecule has 0 bridgehead atoms. The second kappa shape index (κ2) is 16.6. The molecular weight excluding hydrogens is 544 g/mol. The number of carbonyl (C=O) groups is 5. The first-order valence-corrected chi connectivity index (χ1v) is 13.9. The minimum atomic E-state index is -1.20. The summed E-state index contributed by atoms with van der Waals surface area (Å²) in [4.78, 5) is 59.6. The van der Waals surface area contributed by atoms with Gasteiger partial charge in [0.2, 0.25) is 11.8 Å². The summed E-state index contributed by atoms with van der Waals surface area (Å²) in [5.41, 5.74) is -0.473. The van der Waals surface area contributed by atoms with E-state index in [1.165, 1.54) is 13.8 Å². The number of carbonyl (C=O) groups excluding carboxylic acids is 5. The lowest BCUT2D eigenvalue weighted by molar-refractivity contribution is -0.277. The van der Waals surface area contributed by atoms with Crippen LogP contribution >= 0.6 is 0 Å². The van der Waals surface area contributed by atoms with Crippen LogP contribution < -0.4 is 10.6 Å². The van der Waals surface area contributed by atoms with Crippen LogP contribution in [0.3, 0.4) is 0 Å². The fourth-order valence-electron chi connectivity index (χ4n) is 5.06. The highest BCUT2D eigenvalue weighted by molar-refractivity contribution is 5.76. The molecule has 14 heteroatoms. The molecule has 0 spiro atoms. The van der Waals surface area contributed by atoms with E-state index < -0.39 is 59.9 Å². The quantitative estimate of drug-likeness (QED) is 0.119. The van der Waals surface area contributed by atoms with Crippen molar-refractivity contribution in [3.8, 4) is 0 Å². The Morgan fingerprint density at radius 1 is 0.854 bits per heavy atom. The lowest BCUT2D eigenvalue weighted by atomic mass is 9.73. The summed E-state index contributed by atoms with van der Waals surface area (Å²) in [6.45, 7) is 4.42. The fourth-order valence-corrected chi connectivity index (χ4v) is 5.06. The summed E-state index contributed by atoms with van der Waals surface area (Å²) in [6.07, 6.45) is -0.739. The Kier molecular flexibility index (Phi) is 13.9. The number of rotatable bonds is 14. The zero-order chi connectivity index (χ0) is 30.6. The van der Waals surface area contributed by atoms with Crippen LogP contribution in [0.15, 0.2) is 0 Å². The summed E-state index contributed by atoms with van der Waals surface area (Å²) < 4.78 is 27.7. The second-order valence-electron chi connectivity index (χ2n) is 10.7. The molecule has 2 fully saturated rings. The third kappa shape index (κ3) is 11.2. The second-order valence-corrected chi connectivity index (χ2v) is 10.7. The van der Waals surface area contributed by atoms with Gasteiger partial charge in [0.25, 0.3) is 0 Å². The predicted molar refractivity (Wildman–Crippen MR) is 141 cm³/mol. The molecule has 14 nitrogen and oxygen atoms in total. The molecule has 0 radical (unpaired) electrons. The highest BCUT2D eigenvalue weighted by Gasteiger charge is 2.51. The first-order chi connectivity index (χ1) is 19.4. The Morgan fingerprint density at radius 2 is 1.46 bits per heavy atom. The normalized spacial score (nSPS) is 26.0. The third-order valence-corrected chi connectivity index (χ3v) is 7.23. The van der Waals surface area contributed by atoms with Gasteiger partial charge < -0.3 is 44.5 Å². The molecule has 4 N–H and O–H groups in total. The van der Waals surface area contributed by atoms with Gasteiger partial charge in [-0.25, -0.2) is 0 Å². The van der Waals surface area contributed by atoms with E-state index in [1.54, 1.807) is 0 Å². The van der Waals surface area contributed by atoms with Crippen molar-refractivity contribution in [3.05, 3.63) is 0 Å². The lowest BCUT2D eigenvalue weighted by Crippen LogP contribution is -2.66. The van der Waals surface area contributed by atoms with E-state index in [-0.39, 0.29) is 44.8 Å². The van der Waals surface area contributed by atoms with Crippen LogP contribution in [0.1, 0.15) is 72.6 Å². The molecule has 1 unspecified atom stereocenters. The summed E-state index contributed by atoms with van der Waals surface area (Å²) in [5.74, 6) is -2.58. The molecule has 1 saturated carbocycles. The molecule has 1 saturated heterocycles. The molecule has 2 rings (SSSR count). The van der Waals surface area contributed by atoms with Crippen molar-refractivity contribution in [2.45, 2.75) is 109 Å². The molecule has 2 amide bonds. The zero-order valence-corrected chi connectivity index (χ0v) is 24.2. The maximum atomic E-state index is 12.4. The molecular formula is C27H44N2O12. The number of ether oxygens (including phenoxy) is 5. The molecule has 2 aliphatic rings. The largest absolute Gasteiger partial charge is 0.463 e. The minimum absolute atomic E-state index is 0.00319. The highest BCUT2D eigenvalue weighted by atomic mass is 16.7. The third-order valence-electron chi connectivity index (χ3n) is 7.23. The number of unbranched alkanes of at least 4 members (excludes halogenated alkanes) is 1. The molecule has 0 aromatic carbocycles. The van der Waals surface area contributed by atoms with Gasteiger partial charge in [-0.3, -0.25) is 24.0 Å². The molecule has 41 heavy (non-hydrogen) atoms. The number of aliphatic hydroxyl groups excluding tert-OH is 2. The molecule has 0 aromatic heterocycles. The van der Waals surface area contributed by atoms with Crippen molar-refractivity contribution in [1.29, 1.82) is 0 Å². The van der Waals surface area contributed by atoms with Gasteiger partial charge in [0.1, 0.15) is 18.8 Å². The van der Waals surface area contributed by atoms with Crippen LogP contribution in [-0.2, 0) is 47.7 Å². The topological polar surface area (TPSA) is 196 Å². The number of amides is 2. The van der Waals surface area contributed by atoms with Crippen LogP contribution in [0.2, 0.25) is 0 Å². The van der Waals surface area contributed by atoms with E-state index in [0.29, 0.717) is 38.5 Å². The molecule has 1 aliphatic carbocycles. The van der Waals surface area contributed by atoms with Gasteiger partial charge in [-0.1, -0.05) is 0 Å². The van der Waals surface area contributed by atoms with Gasteiger partial charge in [-0.2, -0.15) is 0 Å². The number of esters is 3. The maximum absolute atomic E-state index is 12.4. The van der Waals surface area contributed by atoms with E-state index in [9.17, 15) is 34.2 Å². The van der Waals surface area contributed by atoms with Gasteiger partial charge in [-0.05, 0) is 38.5 Å². The number of aliphatic hydroxyl groups is 2. The number of nitrogens with one attached hydrogen (secondary N) is 2. The summed E-state index contributed by atoms with van der Waals surface area (Å²) in [5, 5.41) is 24.7. The van der Waals surface area contributed by atoms with E-state index >= 15 is 0 Å². The molecule has 0 aromatic rings. The number of hydrogen-bond acceptors (Lipinski definition) is 12. The van der Waals surface area contributed by atoms with Crippen LogP contribution in [0, 0.1) is 5.41 Å². The summed E-state index contributed by atoms with van der Waals surface area (Å²) in [7, 11) is 0. The van der Waals surface area contributed by atoms with Gasteiger partial charge in [0.05, 0.1) is 13.2 Å². The predicted octanol–water partition coefficient (Wildman–Crippen LogP) is -0.141. The van der Waals surface area contributed by atoms with Crippen LogP contribution in [0.4, 0.5) is 0 Å². The van der Waals surface area contributed by atoms with Crippen molar-refractivity contribution in [2.75, 3.05) is 26.4 Å². The van der Waals surface area contributed by atoms with Crippen molar-refractivity contribution in [2.24, 2.45) is 5.41 Å². The van der Waals surface area contributed by atoms with Gasteiger partial charge >= 0.3 is 17.9 Å². The van der Waals surface area contributed by atoms with E-state index in [4.69, 9.17) is 23.7 Å². The highest BCUT2D eigenvalue weighted by Crippen LogP contribution is 2.35. The molecule has 1 aliphatic heterocycles. The van der Waals surface area contributed by atoms with Crippen molar-refractivity contribution in [1.82, 2.24) is 10.6 Å². The molecule has 5 atom stereocenters. The molecule has 1 heterocycles. The number of hydrogen-bond donors (Lipinski definition) is 4. The van der Waals surface area contributed by atoms with Crippen LogP contribution in [0.5, 0.6) is 0 Å². The SMILES string of the molecule is CC(=O)N[C@H]1C(OCCCCC(=O)NC2CCC(CO)(CO)CC2)O[C@H](COC(C)=O)[C@H](OC(C)=O)[C@@H]1OC(C)=O. The van der Waals surface area contributed by atoms with Crippen molar-refractivity contribution < 1.29 is 57.9 Å². The lowest BCUT2D eigenvalue weighted by Gasteiger charge is -2.44.